The number of halogens is 7. The van der Waals surface area contributed by atoms with E-state index in [4.69, 9.17) is 0 Å². The van der Waals surface area contributed by atoms with Crippen LogP contribution >= 0.6 is 0 Å². The highest BCUT2D eigenvalue weighted by Crippen LogP contribution is 2.34. The van der Waals surface area contributed by atoms with Gasteiger partial charge in [-0.15, -0.1) is 0 Å². The fraction of sp³-hybridized carbons (Fsp3) is 0.417. The lowest BCUT2D eigenvalue weighted by Crippen LogP contribution is -2.44. The van der Waals surface area contributed by atoms with E-state index in [1.165, 1.54) is 0 Å². The zero-order chi connectivity index (χ0) is 16.0. The van der Waals surface area contributed by atoms with E-state index < -0.39 is 42.7 Å². The fourth-order valence-corrected chi connectivity index (χ4v) is 2.16. The first kappa shape index (κ1) is 15.6. The molecule has 2 rings (SSSR count). The molecule has 0 spiro atoms. The molecule has 2 nitrogen and oxygen atoms in total. The number of nitrogens with zero attached hydrogens (tertiary/aromatic N) is 1. The molecule has 0 saturated carbocycles. The van der Waals surface area contributed by atoms with Crippen molar-refractivity contribution in [2.75, 3.05) is 6.54 Å². The van der Waals surface area contributed by atoms with Crippen LogP contribution in [0.25, 0.3) is 0 Å². The highest BCUT2D eigenvalue weighted by Gasteiger charge is 2.43. The summed E-state index contributed by atoms with van der Waals surface area (Å²) in [5.41, 5.74) is -1.64. The predicted octanol–water partition coefficient (Wildman–Crippen LogP) is 3.29. The SMILES string of the molecule is O=C(N1CCc2c(F)cc(C(F)(F)F)cc2C1)C(F)(F)F. The first-order chi connectivity index (χ1) is 9.50. The molecule has 21 heavy (non-hydrogen) atoms. The van der Waals surface area contributed by atoms with Crippen LogP contribution in [0.15, 0.2) is 12.1 Å². The van der Waals surface area contributed by atoms with E-state index in [9.17, 15) is 35.5 Å². The van der Waals surface area contributed by atoms with Gasteiger partial charge in [0.2, 0.25) is 0 Å². The molecule has 1 heterocycles. The molecule has 0 bridgehead atoms. The summed E-state index contributed by atoms with van der Waals surface area (Å²) in [4.78, 5) is 11.4. The topological polar surface area (TPSA) is 20.3 Å². The molecule has 1 aromatic carbocycles. The third-order valence-electron chi connectivity index (χ3n) is 3.14. The number of carbonyl (C=O) groups is 1. The first-order valence-electron chi connectivity index (χ1n) is 5.74. The number of rotatable bonds is 0. The Morgan fingerprint density at radius 3 is 2.24 bits per heavy atom. The van der Waals surface area contributed by atoms with Crippen LogP contribution in [0.4, 0.5) is 30.7 Å². The van der Waals surface area contributed by atoms with Crippen LogP contribution in [0, 0.1) is 5.82 Å². The summed E-state index contributed by atoms with van der Waals surface area (Å²) >= 11 is 0. The number of hydrogen-bond acceptors (Lipinski definition) is 1. The molecule has 0 aliphatic carbocycles. The van der Waals surface area contributed by atoms with Crippen LogP contribution in [-0.4, -0.2) is 23.5 Å². The molecule has 0 aromatic heterocycles. The van der Waals surface area contributed by atoms with Gasteiger partial charge in [-0.3, -0.25) is 4.79 Å². The van der Waals surface area contributed by atoms with Gasteiger partial charge >= 0.3 is 18.3 Å². The van der Waals surface area contributed by atoms with Gasteiger partial charge in [0.15, 0.2) is 0 Å². The van der Waals surface area contributed by atoms with Gasteiger partial charge in [0.05, 0.1) is 5.56 Å². The van der Waals surface area contributed by atoms with Crippen molar-refractivity contribution in [2.45, 2.75) is 25.3 Å². The monoisotopic (exact) mass is 315 g/mol. The smallest absolute Gasteiger partial charge is 0.330 e. The third-order valence-corrected chi connectivity index (χ3v) is 3.14. The number of benzene rings is 1. The number of amides is 1. The Labute approximate surface area is 114 Å². The summed E-state index contributed by atoms with van der Waals surface area (Å²) in [6.45, 7) is -1.10. The van der Waals surface area contributed by atoms with Crippen molar-refractivity contribution < 1.29 is 35.5 Å². The maximum Gasteiger partial charge on any atom is 0.471 e. The van der Waals surface area contributed by atoms with Gasteiger partial charge in [0.25, 0.3) is 0 Å². The minimum atomic E-state index is -5.11. The summed E-state index contributed by atoms with van der Waals surface area (Å²) in [7, 11) is 0. The van der Waals surface area contributed by atoms with Crippen LogP contribution in [0.2, 0.25) is 0 Å². The Morgan fingerprint density at radius 2 is 1.71 bits per heavy atom. The Hall–Kier alpha value is -1.80. The van der Waals surface area contributed by atoms with Gasteiger partial charge in [-0.05, 0) is 29.7 Å². The first-order valence-corrected chi connectivity index (χ1v) is 5.74. The maximum atomic E-state index is 13.6. The quantitative estimate of drug-likeness (QED) is 0.673. The van der Waals surface area contributed by atoms with E-state index >= 15 is 0 Å². The summed E-state index contributed by atoms with van der Waals surface area (Å²) in [5, 5.41) is 0. The number of hydrogen-bond donors (Lipinski definition) is 0. The van der Waals surface area contributed by atoms with Crippen LogP contribution in [-0.2, 0) is 23.9 Å². The van der Waals surface area contributed by atoms with Crippen molar-refractivity contribution in [1.82, 2.24) is 4.90 Å². The van der Waals surface area contributed by atoms with Gasteiger partial charge in [-0.1, -0.05) is 0 Å². The number of alkyl halides is 6. The van der Waals surface area contributed by atoms with Gasteiger partial charge in [0, 0.05) is 13.1 Å². The molecule has 1 aromatic rings. The van der Waals surface area contributed by atoms with Crippen LogP contribution in [0.3, 0.4) is 0 Å². The molecular weight excluding hydrogens is 307 g/mol. The standard InChI is InChI=1S/C12H8F7NO/c13-9-4-7(11(14,15)16)3-6-5-20(2-1-8(6)9)10(21)12(17,18)19/h3-4H,1-2,5H2. The molecule has 0 N–H and O–H groups in total. The minimum Gasteiger partial charge on any atom is -0.330 e. The molecule has 0 radical (unpaired) electrons. The van der Waals surface area contributed by atoms with Gasteiger partial charge in [0.1, 0.15) is 5.82 Å². The van der Waals surface area contributed by atoms with Crippen LogP contribution < -0.4 is 0 Å². The van der Waals surface area contributed by atoms with Crippen molar-refractivity contribution in [3.05, 3.63) is 34.6 Å². The second-order valence-corrected chi connectivity index (χ2v) is 4.57. The van der Waals surface area contributed by atoms with E-state index in [-0.39, 0.29) is 17.5 Å². The Balaban J connectivity index is 2.36. The van der Waals surface area contributed by atoms with E-state index in [2.05, 4.69) is 0 Å². The largest absolute Gasteiger partial charge is 0.471 e. The summed E-state index contributed by atoms with van der Waals surface area (Å²) in [6.07, 6.45) is -10.2. The predicted molar refractivity (Wildman–Crippen MR) is 56.6 cm³/mol. The number of carbonyl (C=O) groups excluding carboxylic acids is 1. The van der Waals surface area contributed by atoms with Crippen molar-refractivity contribution in [2.24, 2.45) is 0 Å². The lowest BCUT2D eigenvalue weighted by molar-refractivity contribution is -0.186. The summed E-state index contributed by atoms with van der Waals surface area (Å²) < 4.78 is 88.2. The zero-order valence-corrected chi connectivity index (χ0v) is 10.3. The molecule has 0 fully saturated rings. The Kier molecular flexibility index (Phi) is 3.63. The van der Waals surface area contributed by atoms with E-state index in [1.807, 2.05) is 0 Å². The molecule has 0 atom stereocenters. The molecular formula is C12H8F7NO. The summed E-state index contributed by atoms with van der Waals surface area (Å²) in [5.74, 6) is -3.27. The maximum absolute atomic E-state index is 13.6. The second-order valence-electron chi connectivity index (χ2n) is 4.57. The fourth-order valence-electron chi connectivity index (χ4n) is 2.16. The molecule has 0 saturated heterocycles. The molecule has 1 amide bonds. The van der Waals surface area contributed by atoms with E-state index in [0.717, 1.165) is 0 Å². The average Bonchev–Trinajstić information content (AvgIpc) is 2.35. The highest BCUT2D eigenvalue weighted by atomic mass is 19.4. The van der Waals surface area contributed by atoms with Crippen molar-refractivity contribution in [3.8, 4) is 0 Å². The third kappa shape index (κ3) is 3.11. The second kappa shape index (κ2) is 4.88. The molecule has 1 aliphatic rings. The van der Waals surface area contributed by atoms with Crippen molar-refractivity contribution >= 4 is 5.91 Å². The minimum absolute atomic E-state index is 0.0887. The van der Waals surface area contributed by atoms with Crippen molar-refractivity contribution in [3.63, 3.8) is 0 Å². The van der Waals surface area contributed by atoms with Gasteiger partial charge < -0.3 is 4.90 Å². The highest BCUT2D eigenvalue weighted by molar-refractivity contribution is 5.82. The lowest BCUT2D eigenvalue weighted by atomic mass is 9.96. The number of fused-ring (bicyclic) bond motifs is 1. The Morgan fingerprint density at radius 1 is 1.10 bits per heavy atom. The summed E-state index contributed by atoms with van der Waals surface area (Å²) in [6, 6.07) is 0.883. The molecule has 0 unspecified atom stereocenters. The van der Waals surface area contributed by atoms with Crippen LogP contribution in [0.5, 0.6) is 0 Å². The van der Waals surface area contributed by atoms with Crippen LogP contribution in [0.1, 0.15) is 16.7 Å². The molecule has 1 aliphatic heterocycles. The molecule has 116 valence electrons. The zero-order valence-electron chi connectivity index (χ0n) is 10.3. The lowest BCUT2D eigenvalue weighted by Gasteiger charge is -2.30. The van der Waals surface area contributed by atoms with Gasteiger partial charge in [-0.2, -0.15) is 26.3 Å². The van der Waals surface area contributed by atoms with Crippen molar-refractivity contribution in [1.29, 1.82) is 0 Å². The van der Waals surface area contributed by atoms with E-state index in [0.29, 0.717) is 17.0 Å². The van der Waals surface area contributed by atoms with E-state index in [1.54, 1.807) is 0 Å². The molecule has 9 heteroatoms. The normalized spacial score (nSPS) is 15.9. The Bertz CT molecular complexity index is 576. The average molecular weight is 315 g/mol. The van der Waals surface area contributed by atoms with Gasteiger partial charge in [-0.25, -0.2) is 4.39 Å².